The van der Waals surface area contributed by atoms with Gasteiger partial charge in [-0.15, -0.1) is 0 Å². The second kappa shape index (κ2) is 2.61. The second-order valence-corrected chi connectivity index (χ2v) is 2.31. The highest BCUT2D eigenvalue weighted by Crippen LogP contribution is 2.19. The van der Waals surface area contributed by atoms with Gasteiger partial charge in [0.1, 0.15) is 6.33 Å². The summed E-state index contributed by atoms with van der Waals surface area (Å²) in [5.41, 5.74) is 7.78. The van der Waals surface area contributed by atoms with E-state index < -0.39 is 0 Å². The van der Waals surface area contributed by atoms with Gasteiger partial charge in [0.15, 0.2) is 0 Å². The van der Waals surface area contributed by atoms with Crippen molar-refractivity contribution < 1.29 is 0 Å². The Kier molecular flexibility index (Phi) is 1.48. The van der Waals surface area contributed by atoms with Crippen LogP contribution in [0.3, 0.4) is 0 Å². The molecule has 60 valence electrons. The lowest BCUT2D eigenvalue weighted by Crippen LogP contribution is -1.92. The minimum atomic E-state index is 0.555. The molecule has 0 atom stereocenters. The summed E-state index contributed by atoms with van der Waals surface area (Å²) in [5, 5.41) is 6.49. The first kappa shape index (κ1) is 6.78. The van der Waals surface area contributed by atoms with Crippen molar-refractivity contribution in [2.24, 2.45) is 0 Å². The standard InChI is InChI=1S/C7H7N5/c8-6-3-9-4-10-7(6)5-1-11-12-2-5/h1-4H,8H2,(H,11,12). The molecule has 0 amide bonds. The van der Waals surface area contributed by atoms with Gasteiger partial charge in [0.05, 0.1) is 23.8 Å². The predicted octanol–water partition coefficient (Wildman–Crippen LogP) is 0.449. The van der Waals surface area contributed by atoms with Gasteiger partial charge in [-0.1, -0.05) is 0 Å². The molecule has 12 heavy (non-hydrogen) atoms. The van der Waals surface area contributed by atoms with Gasteiger partial charge in [0.2, 0.25) is 0 Å². The van der Waals surface area contributed by atoms with E-state index in [9.17, 15) is 0 Å². The zero-order chi connectivity index (χ0) is 8.39. The summed E-state index contributed by atoms with van der Waals surface area (Å²) in [6, 6.07) is 0. The molecule has 0 spiro atoms. The molecule has 0 radical (unpaired) electrons. The molecule has 5 nitrogen and oxygen atoms in total. The minimum Gasteiger partial charge on any atom is -0.396 e. The number of anilines is 1. The SMILES string of the molecule is Nc1cncnc1-c1cn[nH]c1. The van der Waals surface area contributed by atoms with Crippen LogP contribution in [0, 0.1) is 0 Å². The average molecular weight is 161 g/mol. The highest BCUT2D eigenvalue weighted by Gasteiger charge is 2.03. The fraction of sp³-hybridized carbons (Fsp3) is 0. The number of aromatic nitrogens is 4. The largest absolute Gasteiger partial charge is 0.396 e. The molecule has 2 aromatic heterocycles. The minimum absolute atomic E-state index is 0.555. The fourth-order valence-corrected chi connectivity index (χ4v) is 0.962. The maximum Gasteiger partial charge on any atom is 0.116 e. The third-order valence-corrected chi connectivity index (χ3v) is 1.51. The number of H-pyrrole nitrogens is 1. The molecule has 0 bridgehead atoms. The number of hydrogen-bond acceptors (Lipinski definition) is 4. The van der Waals surface area contributed by atoms with Crippen LogP contribution in [0.5, 0.6) is 0 Å². The first-order chi connectivity index (χ1) is 5.88. The Morgan fingerprint density at radius 2 is 2.25 bits per heavy atom. The highest BCUT2D eigenvalue weighted by molar-refractivity contribution is 5.69. The Morgan fingerprint density at radius 3 is 2.92 bits per heavy atom. The van der Waals surface area contributed by atoms with Crippen LogP contribution >= 0.6 is 0 Å². The maximum atomic E-state index is 5.65. The lowest BCUT2D eigenvalue weighted by atomic mass is 10.2. The Morgan fingerprint density at radius 1 is 1.33 bits per heavy atom. The summed E-state index contributed by atoms with van der Waals surface area (Å²) < 4.78 is 0. The summed E-state index contributed by atoms with van der Waals surface area (Å²) in [6.07, 6.45) is 6.42. The molecule has 0 fully saturated rings. The summed E-state index contributed by atoms with van der Waals surface area (Å²) >= 11 is 0. The third-order valence-electron chi connectivity index (χ3n) is 1.51. The molecular formula is C7H7N5. The van der Waals surface area contributed by atoms with Crippen molar-refractivity contribution in [1.82, 2.24) is 20.2 Å². The van der Waals surface area contributed by atoms with Crippen LogP contribution in [0.25, 0.3) is 11.3 Å². The van der Waals surface area contributed by atoms with Crippen LogP contribution in [0.4, 0.5) is 5.69 Å². The molecule has 2 rings (SSSR count). The van der Waals surface area contributed by atoms with Crippen molar-refractivity contribution in [3.05, 3.63) is 24.9 Å². The van der Waals surface area contributed by atoms with Gasteiger partial charge in [-0.3, -0.25) is 5.10 Å². The van der Waals surface area contributed by atoms with Crippen LogP contribution < -0.4 is 5.73 Å². The third kappa shape index (κ3) is 1.01. The molecule has 0 aromatic carbocycles. The van der Waals surface area contributed by atoms with E-state index in [4.69, 9.17) is 5.73 Å². The first-order valence-electron chi connectivity index (χ1n) is 3.42. The van der Waals surface area contributed by atoms with Gasteiger partial charge in [0, 0.05) is 11.8 Å². The van der Waals surface area contributed by atoms with Crippen molar-refractivity contribution in [3.63, 3.8) is 0 Å². The molecule has 2 heterocycles. The lowest BCUT2D eigenvalue weighted by molar-refractivity contribution is 1.09. The molecule has 0 aliphatic heterocycles. The zero-order valence-corrected chi connectivity index (χ0v) is 6.23. The summed E-state index contributed by atoms with van der Waals surface area (Å²) in [4.78, 5) is 7.81. The van der Waals surface area contributed by atoms with Crippen molar-refractivity contribution in [1.29, 1.82) is 0 Å². The van der Waals surface area contributed by atoms with Gasteiger partial charge >= 0.3 is 0 Å². The van der Waals surface area contributed by atoms with Crippen molar-refractivity contribution in [2.75, 3.05) is 5.73 Å². The number of nitrogens with two attached hydrogens (primary N) is 1. The fourth-order valence-electron chi connectivity index (χ4n) is 0.962. The highest BCUT2D eigenvalue weighted by atomic mass is 15.1. The molecule has 0 unspecified atom stereocenters. The average Bonchev–Trinajstić information content (AvgIpc) is 2.57. The van der Waals surface area contributed by atoms with E-state index in [0.29, 0.717) is 11.4 Å². The van der Waals surface area contributed by atoms with Crippen molar-refractivity contribution >= 4 is 5.69 Å². The Hall–Kier alpha value is -1.91. The maximum absolute atomic E-state index is 5.65. The Labute approximate surface area is 68.7 Å². The van der Waals surface area contributed by atoms with Gasteiger partial charge in [0.25, 0.3) is 0 Å². The number of aromatic amines is 1. The summed E-state index contributed by atoms with van der Waals surface area (Å²) in [6.45, 7) is 0. The monoisotopic (exact) mass is 161 g/mol. The second-order valence-electron chi connectivity index (χ2n) is 2.31. The lowest BCUT2D eigenvalue weighted by Gasteiger charge is -1.97. The predicted molar refractivity (Wildman–Crippen MR) is 44.0 cm³/mol. The van der Waals surface area contributed by atoms with Gasteiger partial charge in [-0.2, -0.15) is 5.10 Å². The molecule has 0 aliphatic carbocycles. The molecule has 5 heteroatoms. The van der Waals surface area contributed by atoms with Crippen LogP contribution in [0.15, 0.2) is 24.9 Å². The van der Waals surface area contributed by atoms with Crippen LogP contribution in [0.2, 0.25) is 0 Å². The van der Waals surface area contributed by atoms with E-state index in [2.05, 4.69) is 20.2 Å². The van der Waals surface area contributed by atoms with Crippen LogP contribution in [0.1, 0.15) is 0 Å². The van der Waals surface area contributed by atoms with E-state index in [1.807, 2.05) is 0 Å². The number of hydrogen-bond donors (Lipinski definition) is 2. The number of nitrogen functional groups attached to an aromatic ring is 1. The summed E-state index contributed by atoms with van der Waals surface area (Å²) in [5.74, 6) is 0. The van der Waals surface area contributed by atoms with Gasteiger partial charge < -0.3 is 5.73 Å². The van der Waals surface area contributed by atoms with E-state index in [1.54, 1.807) is 18.6 Å². The van der Waals surface area contributed by atoms with E-state index >= 15 is 0 Å². The van der Waals surface area contributed by atoms with E-state index in [0.717, 1.165) is 5.56 Å². The van der Waals surface area contributed by atoms with Crippen LogP contribution in [-0.4, -0.2) is 20.2 Å². The quantitative estimate of drug-likeness (QED) is 0.636. The van der Waals surface area contributed by atoms with Gasteiger partial charge in [-0.25, -0.2) is 9.97 Å². The van der Waals surface area contributed by atoms with Crippen molar-refractivity contribution in [3.8, 4) is 11.3 Å². The Balaban J connectivity index is 2.55. The van der Waals surface area contributed by atoms with Crippen molar-refractivity contribution in [2.45, 2.75) is 0 Å². The number of nitrogens with one attached hydrogen (secondary N) is 1. The van der Waals surface area contributed by atoms with E-state index in [-0.39, 0.29) is 0 Å². The number of nitrogens with zero attached hydrogens (tertiary/aromatic N) is 3. The smallest absolute Gasteiger partial charge is 0.116 e. The molecule has 2 aromatic rings. The molecule has 0 saturated heterocycles. The van der Waals surface area contributed by atoms with Gasteiger partial charge in [-0.05, 0) is 0 Å². The Bertz CT molecular complexity index is 367. The normalized spacial score (nSPS) is 10.0. The number of rotatable bonds is 1. The topological polar surface area (TPSA) is 80.5 Å². The molecular weight excluding hydrogens is 154 g/mol. The summed E-state index contributed by atoms with van der Waals surface area (Å²) in [7, 11) is 0. The molecule has 3 N–H and O–H groups in total. The molecule has 0 aliphatic rings. The molecule has 0 saturated carbocycles. The first-order valence-corrected chi connectivity index (χ1v) is 3.42. The van der Waals surface area contributed by atoms with Crippen LogP contribution in [-0.2, 0) is 0 Å². The zero-order valence-electron chi connectivity index (χ0n) is 6.23. The van der Waals surface area contributed by atoms with E-state index in [1.165, 1.54) is 6.33 Å².